The third-order valence-electron chi connectivity index (χ3n) is 2.27. The van der Waals surface area contributed by atoms with E-state index in [0.717, 1.165) is 5.75 Å². The lowest BCUT2D eigenvalue weighted by molar-refractivity contribution is 0.145. The van der Waals surface area contributed by atoms with Gasteiger partial charge in [-0.25, -0.2) is 0 Å². The van der Waals surface area contributed by atoms with Crippen molar-refractivity contribution < 1.29 is 9.47 Å². The van der Waals surface area contributed by atoms with Crippen molar-refractivity contribution in [1.29, 1.82) is 0 Å². The maximum Gasteiger partial charge on any atom is 0.124 e. The normalized spacial score (nSPS) is 11.6. The van der Waals surface area contributed by atoms with Crippen LogP contribution < -0.4 is 4.74 Å². The number of benzene rings is 1. The molecule has 90 valence electrons. The average Bonchev–Trinajstić information content (AvgIpc) is 2.16. The largest absolute Gasteiger partial charge is 0.491 e. The molecule has 0 spiro atoms. The SMILES string of the molecule is COCCOc1cccc(I)c1C(C)(C)C. The van der Waals surface area contributed by atoms with Gasteiger partial charge in [0.15, 0.2) is 0 Å². The summed E-state index contributed by atoms with van der Waals surface area (Å²) in [5.41, 5.74) is 1.37. The second-order valence-electron chi connectivity index (χ2n) is 4.70. The minimum absolute atomic E-state index is 0.0974. The molecule has 16 heavy (non-hydrogen) atoms. The van der Waals surface area contributed by atoms with Crippen molar-refractivity contribution in [1.82, 2.24) is 0 Å². The monoisotopic (exact) mass is 334 g/mol. The maximum absolute atomic E-state index is 5.76. The molecule has 0 aliphatic rings. The fourth-order valence-corrected chi connectivity index (χ4v) is 2.87. The maximum atomic E-state index is 5.76. The Labute approximate surface area is 111 Å². The molecule has 0 atom stereocenters. The lowest BCUT2D eigenvalue weighted by atomic mass is 9.86. The molecule has 3 heteroatoms. The van der Waals surface area contributed by atoms with E-state index in [-0.39, 0.29) is 5.41 Å². The second-order valence-corrected chi connectivity index (χ2v) is 5.87. The molecular formula is C13H19IO2. The number of methoxy groups -OCH3 is 1. The fraction of sp³-hybridized carbons (Fsp3) is 0.538. The van der Waals surface area contributed by atoms with E-state index in [2.05, 4.69) is 49.4 Å². The van der Waals surface area contributed by atoms with Crippen molar-refractivity contribution in [2.75, 3.05) is 20.3 Å². The van der Waals surface area contributed by atoms with Crippen LogP contribution in [-0.2, 0) is 10.2 Å². The Kier molecular flexibility index (Phi) is 5.05. The van der Waals surface area contributed by atoms with Crippen LogP contribution in [0.4, 0.5) is 0 Å². The summed E-state index contributed by atoms with van der Waals surface area (Å²) in [6.07, 6.45) is 0. The Balaban J connectivity index is 2.95. The van der Waals surface area contributed by atoms with Crippen LogP contribution in [0.25, 0.3) is 0 Å². The summed E-state index contributed by atoms with van der Waals surface area (Å²) in [7, 11) is 1.68. The van der Waals surface area contributed by atoms with Gasteiger partial charge in [0.05, 0.1) is 6.61 Å². The molecule has 0 N–H and O–H groups in total. The standard InChI is InChI=1S/C13H19IO2/c1-13(2,3)12-10(14)6-5-7-11(12)16-9-8-15-4/h5-7H,8-9H2,1-4H3. The van der Waals surface area contributed by atoms with Gasteiger partial charge in [0.1, 0.15) is 12.4 Å². The Morgan fingerprint density at radius 2 is 1.88 bits per heavy atom. The van der Waals surface area contributed by atoms with Crippen molar-refractivity contribution in [3.05, 3.63) is 27.3 Å². The molecule has 0 aliphatic heterocycles. The number of hydrogen-bond donors (Lipinski definition) is 0. The van der Waals surface area contributed by atoms with Crippen molar-refractivity contribution in [2.45, 2.75) is 26.2 Å². The highest BCUT2D eigenvalue weighted by Gasteiger charge is 2.21. The second kappa shape index (κ2) is 5.87. The van der Waals surface area contributed by atoms with Gasteiger partial charge < -0.3 is 9.47 Å². The number of rotatable bonds is 4. The van der Waals surface area contributed by atoms with Crippen LogP contribution in [0, 0.1) is 3.57 Å². The zero-order chi connectivity index (χ0) is 12.2. The molecule has 0 aromatic heterocycles. The van der Waals surface area contributed by atoms with Gasteiger partial charge >= 0.3 is 0 Å². The highest BCUT2D eigenvalue weighted by atomic mass is 127. The van der Waals surface area contributed by atoms with Crippen molar-refractivity contribution in [2.24, 2.45) is 0 Å². The van der Waals surface area contributed by atoms with Crippen LogP contribution in [0.5, 0.6) is 5.75 Å². The first kappa shape index (κ1) is 13.8. The van der Waals surface area contributed by atoms with Crippen LogP contribution >= 0.6 is 22.6 Å². The predicted octanol–water partition coefficient (Wildman–Crippen LogP) is 3.61. The van der Waals surface area contributed by atoms with Crippen LogP contribution in [0.3, 0.4) is 0 Å². The van der Waals surface area contributed by atoms with E-state index in [1.54, 1.807) is 7.11 Å². The summed E-state index contributed by atoms with van der Waals surface area (Å²) >= 11 is 2.36. The third kappa shape index (κ3) is 3.63. The zero-order valence-corrected chi connectivity index (χ0v) is 12.5. The molecular weight excluding hydrogens is 315 g/mol. The van der Waals surface area contributed by atoms with Crippen LogP contribution in [-0.4, -0.2) is 20.3 Å². The summed E-state index contributed by atoms with van der Waals surface area (Å²) in [4.78, 5) is 0. The predicted molar refractivity (Wildman–Crippen MR) is 75.2 cm³/mol. The van der Waals surface area contributed by atoms with Crippen LogP contribution in [0.1, 0.15) is 26.3 Å². The minimum atomic E-state index is 0.0974. The van der Waals surface area contributed by atoms with Gasteiger partial charge in [0.25, 0.3) is 0 Å². The van der Waals surface area contributed by atoms with E-state index in [9.17, 15) is 0 Å². The molecule has 0 saturated heterocycles. The van der Waals surface area contributed by atoms with E-state index in [0.29, 0.717) is 13.2 Å². The first-order valence-corrected chi connectivity index (χ1v) is 6.45. The van der Waals surface area contributed by atoms with E-state index < -0.39 is 0 Å². The molecule has 0 amide bonds. The molecule has 1 aromatic rings. The van der Waals surface area contributed by atoms with Gasteiger partial charge in [0.2, 0.25) is 0 Å². The highest BCUT2D eigenvalue weighted by Crippen LogP contribution is 2.34. The van der Waals surface area contributed by atoms with E-state index in [1.165, 1.54) is 9.13 Å². The molecule has 0 fully saturated rings. The minimum Gasteiger partial charge on any atom is -0.491 e. The molecule has 1 aromatic carbocycles. The van der Waals surface area contributed by atoms with Crippen molar-refractivity contribution in [3.63, 3.8) is 0 Å². The quantitative estimate of drug-likeness (QED) is 0.619. The first-order valence-electron chi connectivity index (χ1n) is 5.37. The number of hydrogen-bond acceptors (Lipinski definition) is 2. The summed E-state index contributed by atoms with van der Waals surface area (Å²) < 4.78 is 12.0. The Bertz CT molecular complexity index is 342. The summed E-state index contributed by atoms with van der Waals surface area (Å²) in [6, 6.07) is 6.17. The Morgan fingerprint density at radius 3 is 2.44 bits per heavy atom. The summed E-state index contributed by atoms with van der Waals surface area (Å²) in [5.74, 6) is 0.969. The van der Waals surface area contributed by atoms with E-state index in [4.69, 9.17) is 9.47 Å². The Hall–Kier alpha value is -0.290. The molecule has 2 nitrogen and oxygen atoms in total. The molecule has 0 bridgehead atoms. The third-order valence-corrected chi connectivity index (χ3v) is 3.17. The summed E-state index contributed by atoms with van der Waals surface area (Å²) in [5, 5.41) is 0. The molecule has 0 saturated carbocycles. The van der Waals surface area contributed by atoms with Gasteiger partial charge in [-0.15, -0.1) is 0 Å². The van der Waals surface area contributed by atoms with Crippen molar-refractivity contribution >= 4 is 22.6 Å². The van der Waals surface area contributed by atoms with Gasteiger partial charge in [-0.1, -0.05) is 26.8 Å². The summed E-state index contributed by atoms with van der Waals surface area (Å²) in [6.45, 7) is 7.82. The average molecular weight is 334 g/mol. The van der Waals surface area contributed by atoms with Gasteiger partial charge in [-0.3, -0.25) is 0 Å². The molecule has 1 rings (SSSR count). The molecule has 0 unspecified atom stereocenters. The van der Waals surface area contributed by atoms with Gasteiger partial charge in [0, 0.05) is 16.2 Å². The first-order chi connectivity index (χ1) is 7.46. The highest BCUT2D eigenvalue weighted by molar-refractivity contribution is 14.1. The number of ether oxygens (including phenoxy) is 2. The lowest BCUT2D eigenvalue weighted by Crippen LogP contribution is -2.16. The molecule has 0 aliphatic carbocycles. The molecule has 0 heterocycles. The smallest absolute Gasteiger partial charge is 0.124 e. The fourth-order valence-electron chi connectivity index (χ4n) is 1.59. The van der Waals surface area contributed by atoms with Crippen molar-refractivity contribution in [3.8, 4) is 5.75 Å². The Morgan fingerprint density at radius 1 is 1.19 bits per heavy atom. The topological polar surface area (TPSA) is 18.5 Å². The van der Waals surface area contributed by atoms with Crippen LogP contribution in [0.2, 0.25) is 0 Å². The van der Waals surface area contributed by atoms with Gasteiger partial charge in [-0.2, -0.15) is 0 Å². The van der Waals surface area contributed by atoms with E-state index >= 15 is 0 Å². The number of halogens is 1. The lowest BCUT2D eigenvalue weighted by Gasteiger charge is -2.24. The van der Waals surface area contributed by atoms with Crippen LogP contribution in [0.15, 0.2) is 18.2 Å². The van der Waals surface area contributed by atoms with Gasteiger partial charge in [-0.05, 0) is 40.1 Å². The van der Waals surface area contributed by atoms with E-state index in [1.807, 2.05) is 12.1 Å². The zero-order valence-electron chi connectivity index (χ0n) is 10.3. The molecule has 0 radical (unpaired) electrons.